The Morgan fingerprint density at radius 2 is 1.61 bits per heavy atom. The van der Waals surface area contributed by atoms with Gasteiger partial charge in [0, 0.05) is 6.92 Å². The fourth-order valence-electron chi connectivity index (χ4n) is 1.43. The van der Waals surface area contributed by atoms with Crippen molar-refractivity contribution in [3.8, 4) is 0 Å². The molecule has 0 aliphatic heterocycles. The van der Waals surface area contributed by atoms with Gasteiger partial charge in [0.15, 0.2) is 0 Å². The van der Waals surface area contributed by atoms with E-state index in [1.165, 1.54) is 0 Å². The van der Waals surface area contributed by atoms with Crippen molar-refractivity contribution in [2.45, 2.75) is 52.9 Å². The van der Waals surface area contributed by atoms with Crippen LogP contribution in [0.3, 0.4) is 0 Å². The molecule has 102 valence electrons. The summed E-state index contributed by atoms with van der Waals surface area (Å²) in [5.41, 5.74) is 1.27. The zero-order valence-corrected chi connectivity index (χ0v) is 12.3. The van der Waals surface area contributed by atoms with Gasteiger partial charge in [-0.3, -0.25) is 0 Å². The number of benzene rings is 1. The number of alkyl halides is 2. The highest BCUT2D eigenvalue weighted by Gasteiger charge is 2.43. The van der Waals surface area contributed by atoms with Crippen molar-refractivity contribution >= 4 is 5.57 Å². The van der Waals surface area contributed by atoms with E-state index in [1.54, 1.807) is 32.0 Å². The Morgan fingerprint density at radius 1 is 1.11 bits per heavy atom. The lowest BCUT2D eigenvalue weighted by Crippen LogP contribution is -2.37. The van der Waals surface area contributed by atoms with Crippen LogP contribution in [0.2, 0.25) is 0 Å². The lowest BCUT2D eigenvalue weighted by molar-refractivity contribution is -0.0467. The Hall–Kier alpha value is -1.18. The van der Waals surface area contributed by atoms with Crippen LogP contribution in [-0.4, -0.2) is 5.92 Å². The minimum atomic E-state index is -2.75. The van der Waals surface area contributed by atoms with Crippen LogP contribution in [0, 0.1) is 0 Å². The number of rotatable bonds is 3. The van der Waals surface area contributed by atoms with Gasteiger partial charge in [-0.15, -0.1) is 0 Å². The minimum absolute atomic E-state index is 0.639. The molecule has 0 unspecified atom stereocenters. The quantitative estimate of drug-likeness (QED) is 0.651. The summed E-state index contributed by atoms with van der Waals surface area (Å²) in [7, 11) is 0. The lowest BCUT2D eigenvalue weighted by atomic mass is 9.78. The van der Waals surface area contributed by atoms with Gasteiger partial charge >= 0.3 is 0 Å². The molecule has 0 amide bonds. The summed E-state index contributed by atoms with van der Waals surface area (Å²) in [6, 6.07) is 7.21. The fourth-order valence-corrected chi connectivity index (χ4v) is 1.43. The van der Waals surface area contributed by atoms with Gasteiger partial charge in [0.1, 0.15) is 0 Å². The van der Waals surface area contributed by atoms with Crippen LogP contribution in [0.5, 0.6) is 0 Å². The highest BCUT2D eigenvalue weighted by atomic mass is 19.3. The number of hydrogen-bond acceptors (Lipinski definition) is 0. The predicted octanol–water partition coefficient (Wildman–Crippen LogP) is 5.68. The average molecular weight is 254 g/mol. The molecule has 0 aromatic heterocycles. The van der Waals surface area contributed by atoms with Crippen molar-refractivity contribution in [3.63, 3.8) is 0 Å². The second-order valence-electron chi connectivity index (χ2n) is 4.87. The molecule has 0 atom stereocenters. The maximum absolute atomic E-state index is 13.5. The third-order valence-electron chi connectivity index (χ3n) is 3.17. The summed E-state index contributed by atoms with van der Waals surface area (Å²) in [5, 5.41) is 0. The standard InChI is InChI=1S/C14H18F2.C2H6/c1-10(2)11-7-6-8-12(9-11)13(3,4)14(5,15)16;1-2/h6-9H,1H2,2-5H3;1-2H3. The molecule has 0 aliphatic rings. The van der Waals surface area contributed by atoms with Crippen molar-refractivity contribution in [2.75, 3.05) is 0 Å². The van der Waals surface area contributed by atoms with Crippen molar-refractivity contribution in [1.29, 1.82) is 0 Å². The molecular weight excluding hydrogens is 230 g/mol. The molecule has 0 saturated heterocycles. The van der Waals surface area contributed by atoms with Crippen LogP contribution in [0.15, 0.2) is 30.8 Å². The molecule has 18 heavy (non-hydrogen) atoms. The van der Waals surface area contributed by atoms with Crippen molar-refractivity contribution in [3.05, 3.63) is 42.0 Å². The first-order valence-electron chi connectivity index (χ1n) is 6.30. The monoisotopic (exact) mass is 254 g/mol. The normalized spacial score (nSPS) is 11.6. The molecule has 0 saturated carbocycles. The van der Waals surface area contributed by atoms with Gasteiger partial charge in [0.2, 0.25) is 0 Å². The lowest BCUT2D eigenvalue weighted by Gasteiger charge is -2.32. The van der Waals surface area contributed by atoms with E-state index >= 15 is 0 Å². The van der Waals surface area contributed by atoms with E-state index in [0.717, 1.165) is 18.1 Å². The smallest absolute Gasteiger partial charge is 0.206 e. The van der Waals surface area contributed by atoms with Gasteiger partial charge in [-0.1, -0.05) is 64.1 Å². The topological polar surface area (TPSA) is 0 Å². The maximum atomic E-state index is 13.5. The Balaban J connectivity index is 0.00000137. The second kappa shape index (κ2) is 6.12. The van der Waals surface area contributed by atoms with Crippen LogP contribution in [0.1, 0.15) is 52.7 Å². The van der Waals surface area contributed by atoms with Crippen molar-refractivity contribution in [2.24, 2.45) is 0 Å². The van der Waals surface area contributed by atoms with Crippen LogP contribution >= 0.6 is 0 Å². The Labute approximate surface area is 110 Å². The van der Waals surface area contributed by atoms with Crippen LogP contribution in [0.25, 0.3) is 5.57 Å². The summed E-state index contributed by atoms with van der Waals surface area (Å²) in [4.78, 5) is 0. The highest BCUT2D eigenvalue weighted by Crippen LogP contribution is 2.39. The van der Waals surface area contributed by atoms with Crippen molar-refractivity contribution < 1.29 is 8.78 Å². The Kier molecular flexibility index (Phi) is 5.72. The minimum Gasteiger partial charge on any atom is -0.206 e. The van der Waals surface area contributed by atoms with Crippen LogP contribution < -0.4 is 0 Å². The van der Waals surface area contributed by atoms with Gasteiger partial charge in [-0.25, -0.2) is 8.78 Å². The molecule has 1 aromatic rings. The fraction of sp³-hybridized carbons (Fsp3) is 0.500. The van der Waals surface area contributed by atoms with Crippen LogP contribution in [0.4, 0.5) is 8.78 Å². The molecule has 0 heterocycles. The van der Waals surface area contributed by atoms with Crippen molar-refractivity contribution in [1.82, 2.24) is 0 Å². The summed E-state index contributed by atoms with van der Waals surface area (Å²) >= 11 is 0. The third-order valence-corrected chi connectivity index (χ3v) is 3.17. The summed E-state index contributed by atoms with van der Waals surface area (Å²) in [6.45, 7) is 13.8. The highest BCUT2D eigenvalue weighted by molar-refractivity contribution is 5.62. The molecule has 0 fully saturated rings. The average Bonchev–Trinajstić information content (AvgIpc) is 2.30. The molecule has 1 aromatic carbocycles. The number of halogens is 2. The Bertz CT molecular complexity index is 398. The molecular formula is C16H24F2. The second-order valence-corrected chi connectivity index (χ2v) is 4.87. The predicted molar refractivity (Wildman–Crippen MR) is 76.1 cm³/mol. The summed E-state index contributed by atoms with van der Waals surface area (Å²) in [6.07, 6.45) is 0. The molecule has 0 bridgehead atoms. The molecule has 2 heteroatoms. The summed E-state index contributed by atoms with van der Waals surface area (Å²) in [5.74, 6) is -2.75. The van der Waals surface area contributed by atoms with E-state index in [0.29, 0.717) is 5.56 Å². The first-order chi connectivity index (χ1) is 8.16. The zero-order valence-electron chi connectivity index (χ0n) is 12.3. The van der Waals surface area contributed by atoms with Gasteiger partial charge < -0.3 is 0 Å². The zero-order chi connectivity index (χ0) is 14.6. The first kappa shape index (κ1) is 16.8. The molecule has 0 aliphatic carbocycles. The van der Waals surface area contributed by atoms with Gasteiger partial charge in [-0.2, -0.15) is 0 Å². The van der Waals surface area contributed by atoms with Gasteiger partial charge in [0.25, 0.3) is 5.92 Å². The van der Waals surface area contributed by atoms with Gasteiger partial charge in [0.05, 0.1) is 5.41 Å². The molecule has 0 radical (unpaired) electrons. The first-order valence-corrected chi connectivity index (χ1v) is 6.30. The SMILES string of the molecule is C=C(C)c1cccc(C(C)(C)C(C)(F)F)c1.CC. The van der Waals surface area contributed by atoms with E-state index in [2.05, 4.69) is 6.58 Å². The molecule has 0 nitrogen and oxygen atoms in total. The Morgan fingerprint density at radius 3 is 2.00 bits per heavy atom. The molecule has 1 rings (SSSR count). The maximum Gasteiger partial charge on any atom is 0.254 e. The van der Waals surface area contributed by atoms with Gasteiger partial charge in [-0.05, 0) is 18.1 Å². The third kappa shape index (κ3) is 3.66. The van der Waals surface area contributed by atoms with E-state index in [9.17, 15) is 8.78 Å². The number of hydrogen-bond donors (Lipinski definition) is 0. The number of allylic oxidation sites excluding steroid dienone is 1. The largest absolute Gasteiger partial charge is 0.254 e. The molecule has 0 N–H and O–H groups in total. The van der Waals surface area contributed by atoms with E-state index in [1.807, 2.05) is 26.8 Å². The van der Waals surface area contributed by atoms with Crippen LogP contribution in [-0.2, 0) is 5.41 Å². The van der Waals surface area contributed by atoms with E-state index in [-0.39, 0.29) is 0 Å². The van der Waals surface area contributed by atoms with E-state index in [4.69, 9.17) is 0 Å². The molecule has 0 spiro atoms. The summed E-state index contributed by atoms with van der Waals surface area (Å²) < 4.78 is 27.0. The van der Waals surface area contributed by atoms with E-state index < -0.39 is 11.3 Å².